The fourth-order valence-corrected chi connectivity index (χ4v) is 3.38. The van der Waals surface area contributed by atoms with E-state index in [1.807, 2.05) is 31.2 Å². The van der Waals surface area contributed by atoms with Crippen LogP contribution in [0.15, 0.2) is 47.4 Å². The Bertz CT molecular complexity index is 881. The molecule has 0 radical (unpaired) electrons. The van der Waals surface area contributed by atoms with Crippen molar-refractivity contribution in [1.29, 1.82) is 0 Å². The molecule has 1 saturated heterocycles. The number of ether oxygens (including phenoxy) is 1. The van der Waals surface area contributed by atoms with Crippen molar-refractivity contribution in [3.8, 4) is 5.75 Å². The van der Waals surface area contributed by atoms with E-state index in [2.05, 4.69) is 5.32 Å². The average Bonchev–Trinajstić information content (AvgIpc) is 2.90. The van der Waals surface area contributed by atoms with Crippen LogP contribution in [-0.2, 0) is 4.79 Å². The molecule has 1 N–H and O–H groups in total. The first-order chi connectivity index (χ1) is 12.5. The first kappa shape index (κ1) is 18.4. The number of hydrogen-bond acceptors (Lipinski definition) is 5. The third-order valence-electron chi connectivity index (χ3n) is 3.90. The van der Waals surface area contributed by atoms with Gasteiger partial charge in [-0.3, -0.25) is 14.5 Å². The number of nitrogens with one attached hydrogen (secondary N) is 1. The number of hydrogen-bond donors (Lipinski definition) is 1. The van der Waals surface area contributed by atoms with Gasteiger partial charge in [-0.15, -0.1) is 0 Å². The largest absolute Gasteiger partial charge is 0.497 e. The third kappa shape index (κ3) is 4.03. The molecule has 26 heavy (non-hydrogen) atoms. The Kier molecular flexibility index (Phi) is 5.54. The minimum absolute atomic E-state index is 0.0873. The van der Waals surface area contributed by atoms with E-state index >= 15 is 0 Å². The Morgan fingerprint density at radius 1 is 1.19 bits per heavy atom. The van der Waals surface area contributed by atoms with Gasteiger partial charge < -0.3 is 10.1 Å². The van der Waals surface area contributed by atoms with Gasteiger partial charge in [-0.25, -0.2) is 0 Å². The zero-order chi connectivity index (χ0) is 18.7. The number of benzene rings is 2. The van der Waals surface area contributed by atoms with Crippen molar-refractivity contribution < 1.29 is 14.3 Å². The highest BCUT2D eigenvalue weighted by Crippen LogP contribution is 2.32. The number of carbonyl (C=O) groups excluding carboxylic acids is 2. The van der Waals surface area contributed by atoms with Gasteiger partial charge in [0.2, 0.25) is 0 Å². The van der Waals surface area contributed by atoms with Gasteiger partial charge in [-0.05, 0) is 60.2 Å². The fourth-order valence-electron chi connectivity index (χ4n) is 2.36. The molecule has 3 rings (SSSR count). The van der Waals surface area contributed by atoms with E-state index < -0.39 is 0 Å². The Balaban J connectivity index is 1.69. The molecule has 0 atom stereocenters. The summed E-state index contributed by atoms with van der Waals surface area (Å²) in [4.78, 5) is 26.2. The smallest absolute Gasteiger partial charge is 0.295 e. The van der Waals surface area contributed by atoms with Gasteiger partial charge in [0, 0.05) is 10.7 Å². The Labute approximate surface area is 161 Å². The molecule has 0 spiro atoms. The molecule has 1 heterocycles. The molecule has 0 bridgehead atoms. The summed E-state index contributed by atoms with van der Waals surface area (Å²) in [6.07, 6.45) is 1.70. The summed E-state index contributed by atoms with van der Waals surface area (Å²) in [6.45, 7) is 2.00. The number of halogens is 1. The van der Waals surface area contributed by atoms with Crippen molar-refractivity contribution in [2.75, 3.05) is 19.1 Å². The molecular formula is C19H17ClN2O3S. The molecule has 0 aromatic heterocycles. The predicted octanol–water partition coefficient (Wildman–Crippen LogP) is 4.76. The van der Waals surface area contributed by atoms with Crippen LogP contribution in [0.2, 0.25) is 5.02 Å². The van der Waals surface area contributed by atoms with Crippen molar-refractivity contribution in [3.05, 3.63) is 63.5 Å². The SMILES string of the molecule is COc1ccc(/C=C2/SC(=O)N(CNc3ccc(C)c(Cl)c3)C2=O)cc1. The number of methoxy groups -OCH3 is 1. The van der Waals surface area contributed by atoms with Crippen LogP contribution in [0.4, 0.5) is 10.5 Å². The van der Waals surface area contributed by atoms with Crippen LogP contribution in [0.5, 0.6) is 5.75 Å². The Morgan fingerprint density at radius 3 is 2.58 bits per heavy atom. The fraction of sp³-hybridized carbons (Fsp3) is 0.158. The van der Waals surface area contributed by atoms with E-state index in [4.69, 9.17) is 16.3 Å². The number of rotatable bonds is 5. The first-order valence-electron chi connectivity index (χ1n) is 7.87. The number of imide groups is 1. The molecule has 1 aliphatic heterocycles. The minimum atomic E-state index is -0.318. The summed E-state index contributed by atoms with van der Waals surface area (Å²) >= 11 is 7.02. The van der Waals surface area contributed by atoms with Crippen molar-refractivity contribution in [3.63, 3.8) is 0 Å². The number of carbonyl (C=O) groups is 2. The van der Waals surface area contributed by atoms with E-state index in [1.165, 1.54) is 4.90 Å². The van der Waals surface area contributed by atoms with Gasteiger partial charge >= 0.3 is 0 Å². The van der Waals surface area contributed by atoms with Crippen LogP contribution in [0.25, 0.3) is 6.08 Å². The molecule has 1 fully saturated rings. The van der Waals surface area contributed by atoms with Gasteiger partial charge in [0.05, 0.1) is 18.7 Å². The minimum Gasteiger partial charge on any atom is -0.497 e. The maximum atomic E-state index is 12.5. The lowest BCUT2D eigenvalue weighted by atomic mass is 10.2. The normalized spacial score (nSPS) is 15.7. The maximum absolute atomic E-state index is 12.5. The van der Waals surface area contributed by atoms with Crippen LogP contribution in [-0.4, -0.2) is 29.8 Å². The standard InChI is InChI=1S/C19H17ClN2O3S/c1-12-3-6-14(10-16(12)20)21-11-22-18(23)17(26-19(22)24)9-13-4-7-15(25-2)8-5-13/h3-10,21H,11H2,1-2H3/b17-9+. The summed E-state index contributed by atoms with van der Waals surface area (Å²) in [6, 6.07) is 12.8. The predicted molar refractivity (Wildman–Crippen MR) is 105 cm³/mol. The zero-order valence-electron chi connectivity index (χ0n) is 14.3. The molecule has 7 heteroatoms. The summed E-state index contributed by atoms with van der Waals surface area (Å²) < 4.78 is 5.11. The van der Waals surface area contributed by atoms with Crippen molar-refractivity contribution in [1.82, 2.24) is 4.90 Å². The van der Waals surface area contributed by atoms with E-state index in [0.29, 0.717) is 9.93 Å². The highest BCUT2D eigenvalue weighted by Gasteiger charge is 2.34. The Morgan fingerprint density at radius 2 is 1.92 bits per heavy atom. The summed E-state index contributed by atoms with van der Waals surface area (Å²) in [5, 5.41) is 3.38. The monoisotopic (exact) mass is 388 g/mol. The number of aryl methyl sites for hydroxylation is 1. The molecule has 1 aliphatic rings. The summed E-state index contributed by atoms with van der Waals surface area (Å²) in [5.74, 6) is 0.415. The van der Waals surface area contributed by atoms with Crippen molar-refractivity contribution >= 4 is 46.3 Å². The second kappa shape index (κ2) is 7.85. The number of amides is 2. The lowest BCUT2D eigenvalue weighted by molar-refractivity contribution is -0.122. The first-order valence-corrected chi connectivity index (χ1v) is 9.07. The molecule has 0 unspecified atom stereocenters. The van der Waals surface area contributed by atoms with Gasteiger partial charge in [-0.2, -0.15) is 0 Å². The lowest BCUT2D eigenvalue weighted by Crippen LogP contribution is -2.33. The lowest BCUT2D eigenvalue weighted by Gasteiger charge is -2.15. The third-order valence-corrected chi connectivity index (χ3v) is 5.21. The molecular weight excluding hydrogens is 372 g/mol. The van der Waals surface area contributed by atoms with Crippen LogP contribution in [0, 0.1) is 6.92 Å². The molecule has 2 aromatic rings. The quantitative estimate of drug-likeness (QED) is 0.748. The maximum Gasteiger partial charge on any atom is 0.295 e. The topological polar surface area (TPSA) is 58.6 Å². The summed E-state index contributed by atoms with van der Waals surface area (Å²) in [7, 11) is 1.59. The van der Waals surface area contributed by atoms with Crippen LogP contribution < -0.4 is 10.1 Å². The molecule has 0 aliphatic carbocycles. The second-order valence-corrected chi connectivity index (χ2v) is 7.08. The van der Waals surface area contributed by atoms with Crippen LogP contribution in [0.3, 0.4) is 0 Å². The van der Waals surface area contributed by atoms with Gasteiger partial charge in [-0.1, -0.05) is 29.8 Å². The zero-order valence-corrected chi connectivity index (χ0v) is 15.9. The Hall–Kier alpha value is -2.44. The number of thioether (sulfide) groups is 1. The van der Waals surface area contributed by atoms with E-state index in [9.17, 15) is 9.59 Å². The van der Waals surface area contributed by atoms with Crippen molar-refractivity contribution in [2.24, 2.45) is 0 Å². The second-order valence-electron chi connectivity index (χ2n) is 5.68. The van der Waals surface area contributed by atoms with Crippen LogP contribution >= 0.6 is 23.4 Å². The van der Waals surface area contributed by atoms with E-state index in [0.717, 1.165) is 34.3 Å². The van der Waals surface area contributed by atoms with Gasteiger partial charge in [0.25, 0.3) is 11.1 Å². The molecule has 5 nitrogen and oxygen atoms in total. The highest BCUT2D eigenvalue weighted by atomic mass is 35.5. The summed E-state index contributed by atoms with van der Waals surface area (Å²) in [5.41, 5.74) is 2.54. The number of anilines is 1. The molecule has 2 amide bonds. The molecule has 0 saturated carbocycles. The number of nitrogens with zero attached hydrogens (tertiary/aromatic N) is 1. The van der Waals surface area contributed by atoms with E-state index in [1.54, 1.807) is 31.4 Å². The van der Waals surface area contributed by atoms with Crippen LogP contribution in [0.1, 0.15) is 11.1 Å². The average molecular weight is 389 g/mol. The van der Waals surface area contributed by atoms with E-state index in [-0.39, 0.29) is 17.8 Å². The van der Waals surface area contributed by atoms with Crippen molar-refractivity contribution in [2.45, 2.75) is 6.92 Å². The van der Waals surface area contributed by atoms with Gasteiger partial charge in [0.15, 0.2) is 0 Å². The molecule has 134 valence electrons. The highest BCUT2D eigenvalue weighted by molar-refractivity contribution is 8.18. The van der Waals surface area contributed by atoms with Gasteiger partial charge in [0.1, 0.15) is 5.75 Å². The molecule has 2 aromatic carbocycles.